The molecule has 0 aliphatic carbocycles. The van der Waals surface area contributed by atoms with E-state index in [1.807, 2.05) is 41.8 Å². The Morgan fingerprint density at radius 1 is 0.518 bits per heavy atom. The number of alkyl halides is 6. The molecule has 0 bridgehead atoms. The summed E-state index contributed by atoms with van der Waals surface area (Å²) >= 11 is 0. The Bertz CT molecular complexity index is 3610. The van der Waals surface area contributed by atoms with Crippen molar-refractivity contribution in [2.45, 2.75) is 110 Å². The van der Waals surface area contributed by atoms with Crippen molar-refractivity contribution in [3.05, 3.63) is 155 Å². The molecule has 22 heteroatoms. The Morgan fingerprint density at radius 3 is 1.38 bits per heavy atom. The normalized spacial score (nSPS) is 15.4. The number of hydrogen-bond donors (Lipinski definition) is 2. The summed E-state index contributed by atoms with van der Waals surface area (Å²) in [4.78, 5) is 51.8. The third kappa shape index (κ3) is 14.8. The van der Waals surface area contributed by atoms with E-state index in [0.29, 0.717) is 31.5 Å². The number of carboxylic acid groups (broad SMARTS) is 1. The Balaban J connectivity index is 0.000000160. The van der Waals surface area contributed by atoms with Crippen molar-refractivity contribution in [1.82, 2.24) is 29.1 Å². The van der Waals surface area contributed by atoms with E-state index in [2.05, 4.69) is 75.9 Å². The molecule has 448 valence electrons. The molecular weight excluding hydrogens is 1100 g/mol. The highest BCUT2D eigenvalue weighted by atomic mass is 19.4. The lowest BCUT2D eigenvalue weighted by Crippen LogP contribution is -2.46. The van der Waals surface area contributed by atoms with Gasteiger partial charge < -0.3 is 49.0 Å². The average Bonchev–Trinajstić information content (AvgIpc) is 3.88. The molecule has 85 heavy (non-hydrogen) atoms. The summed E-state index contributed by atoms with van der Waals surface area (Å²) in [6.07, 6.45) is -0.483. The second-order valence-electron chi connectivity index (χ2n) is 21.4. The van der Waals surface area contributed by atoms with Gasteiger partial charge in [0.2, 0.25) is 0 Å². The number of nitrogens with two attached hydrogens (primary N) is 1. The van der Waals surface area contributed by atoms with Gasteiger partial charge in [-0.2, -0.15) is 0 Å². The molecule has 8 aromatic rings. The molecular formula is C63H69F6N11O5. The minimum atomic E-state index is -4.69. The van der Waals surface area contributed by atoms with Gasteiger partial charge in [0.05, 0.1) is 22.4 Å². The molecule has 8 heterocycles. The van der Waals surface area contributed by atoms with Crippen LogP contribution in [0.25, 0.3) is 21.8 Å². The fraction of sp³-hybridized carbons (Fsp3) is 0.397. The summed E-state index contributed by atoms with van der Waals surface area (Å²) in [6, 6.07) is 32.4. The number of aryl methyl sites for hydroxylation is 5. The predicted octanol–water partition coefficient (Wildman–Crippen LogP) is 11.8. The number of ether oxygens (including phenoxy) is 2. The third-order valence-electron chi connectivity index (χ3n) is 15.9. The lowest BCUT2D eigenvalue weighted by Gasteiger charge is -2.36. The number of ketones is 1. The Morgan fingerprint density at radius 2 is 0.941 bits per heavy atom. The van der Waals surface area contributed by atoms with Crippen molar-refractivity contribution in [1.29, 1.82) is 0 Å². The standard InChI is InChI=1S/C32H34F3N5O2.C21H21F3N4O.C10H14N2O2/c1-2-26-31(40-16-4-3-5-30(40)36-26)28(41)14-7-22-6-13-27-23(21-22)8-15-29(37-27)39-19-17-38(18-20-39)24-9-11-25(12-10-24)42-32(33,34)35;22-21(23,24)29-18-5-3-17(4-6-18)27-9-11-28(12-10-27)20-8-2-16-13-15(14-25)1-7-19(16)26-20;1-2-7-9(10(13)14)12-6-4-3-5-8(12)11-7/h6,8-13,15,21H,2-5,7,14,16-20H2,1H3;1-8,13H,9-12,14,25H2;2-6H2,1H3,(H,13,14). The fourth-order valence-corrected chi connectivity index (χ4v) is 11.6. The van der Waals surface area contributed by atoms with Crippen molar-refractivity contribution in [2.75, 3.05) is 72.0 Å². The highest BCUT2D eigenvalue weighted by Crippen LogP contribution is 2.31. The van der Waals surface area contributed by atoms with E-state index in [9.17, 15) is 35.9 Å². The molecule has 4 aliphatic heterocycles. The Labute approximate surface area is 488 Å². The molecule has 0 atom stereocenters. The number of rotatable bonds is 14. The summed E-state index contributed by atoms with van der Waals surface area (Å²) in [6.45, 7) is 12.2. The summed E-state index contributed by atoms with van der Waals surface area (Å²) in [7, 11) is 0. The number of aromatic nitrogens is 6. The zero-order valence-corrected chi connectivity index (χ0v) is 47.6. The number of pyridine rings is 2. The lowest BCUT2D eigenvalue weighted by molar-refractivity contribution is -0.275. The fourth-order valence-electron chi connectivity index (χ4n) is 11.6. The molecule has 2 saturated heterocycles. The average molecular weight is 1170 g/mol. The number of aromatic carboxylic acids is 1. The summed E-state index contributed by atoms with van der Waals surface area (Å²) in [5, 5.41) is 11.2. The van der Waals surface area contributed by atoms with E-state index in [-0.39, 0.29) is 17.3 Å². The number of Topliss-reactive ketones (excluding diaryl/α,β-unsaturated/α-hetero) is 1. The van der Waals surface area contributed by atoms with Crippen LogP contribution >= 0.6 is 0 Å². The number of benzene rings is 4. The maximum Gasteiger partial charge on any atom is 0.573 e. The number of piperazine rings is 2. The molecule has 0 spiro atoms. The first-order valence-corrected chi connectivity index (χ1v) is 29.1. The second-order valence-corrected chi connectivity index (χ2v) is 21.4. The molecule has 12 rings (SSSR count). The number of imidazole rings is 2. The quantitative estimate of drug-likeness (QED) is 0.0778. The summed E-state index contributed by atoms with van der Waals surface area (Å²) < 4.78 is 86.1. The molecule has 4 aromatic heterocycles. The van der Waals surface area contributed by atoms with Gasteiger partial charge in [-0.1, -0.05) is 26.0 Å². The molecule has 4 aromatic carbocycles. The third-order valence-corrected chi connectivity index (χ3v) is 15.9. The van der Waals surface area contributed by atoms with Gasteiger partial charge >= 0.3 is 18.7 Å². The monoisotopic (exact) mass is 1170 g/mol. The van der Waals surface area contributed by atoms with Crippen LogP contribution in [0.15, 0.2) is 109 Å². The zero-order chi connectivity index (χ0) is 59.8. The molecule has 0 unspecified atom stereocenters. The van der Waals surface area contributed by atoms with E-state index in [1.54, 1.807) is 24.3 Å². The van der Waals surface area contributed by atoms with Crippen LogP contribution in [0.5, 0.6) is 11.5 Å². The maximum absolute atomic E-state index is 13.3. The molecule has 0 radical (unpaired) electrons. The minimum Gasteiger partial charge on any atom is -0.477 e. The Hall–Kier alpha value is -8.40. The number of carbonyl (C=O) groups is 2. The topological polar surface area (TPSA) is 173 Å². The smallest absolute Gasteiger partial charge is 0.477 e. The van der Waals surface area contributed by atoms with Crippen LogP contribution in [0, 0.1) is 0 Å². The number of carbonyl (C=O) groups excluding carboxylic acids is 1. The van der Waals surface area contributed by atoms with E-state index in [0.717, 1.165) is 195 Å². The van der Waals surface area contributed by atoms with Crippen LogP contribution in [0.2, 0.25) is 0 Å². The molecule has 2 fully saturated rings. The Kier molecular flexibility index (Phi) is 18.5. The van der Waals surface area contributed by atoms with Gasteiger partial charge in [-0.15, -0.1) is 26.3 Å². The zero-order valence-electron chi connectivity index (χ0n) is 47.6. The van der Waals surface area contributed by atoms with Crippen LogP contribution in [0.1, 0.15) is 101 Å². The maximum atomic E-state index is 13.3. The minimum absolute atomic E-state index is 0.172. The van der Waals surface area contributed by atoms with Gasteiger partial charge in [0.1, 0.15) is 40.5 Å². The van der Waals surface area contributed by atoms with Crippen LogP contribution in [0.4, 0.5) is 49.4 Å². The molecule has 0 amide bonds. The van der Waals surface area contributed by atoms with Gasteiger partial charge in [-0.3, -0.25) is 4.79 Å². The highest BCUT2D eigenvalue weighted by Gasteiger charge is 2.33. The van der Waals surface area contributed by atoms with Crippen LogP contribution in [-0.2, 0) is 51.7 Å². The second kappa shape index (κ2) is 26.3. The lowest BCUT2D eigenvalue weighted by atomic mass is 10.0. The van der Waals surface area contributed by atoms with Gasteiger partial charge in [-0.25, -0.2) is 24.7 Å². The highest BCUT2D eigenvalue weighted by molar-refractivity contribution is 5.96. The van der Waals surface area contributed by atoms with E-state index in [1.165, 1.54) is 24.3 Å². The molecule has 0 saturated carbocycles. The van der Waals surface area contributed by atoms with E-state index < -0.39 is 18.7 Å². The first kappa shape index (κ1) is 59.7. The first-order chi connectivity index (χ1) is 40.9. The largest absolute Gasteiger partial charge is 0.573 e. The SMILES string of the molecule is CCc1nc2n(c1C(=O)CCc1ccc3nc(N4CCN(c5ccc(OC(F)(F)F)cc5)CC4)ccc3c1)CCCC2.CCc1nc2n(c1C(=O)O)CCCC2.NCc1ccc2nc(N3CCN(c4ccc(OC(F)(F)F)cc4)CC3)ccc2c1. The van der Waals surface area contributed by atoms with Crippen molar-refractivity contribution in [3.8, 4) is 11.5 Å². The molecule has 4 aliphatic rings. The van der Waals surface area contributed by atoms with Gasteiger partial charge in [0.15, 0.2) is 11.5 Å². The van der Waals surface area contributed by atoms with Crippen molar-refractivity contribution < 1.29 is 50.5 Å². The predicted molar refractivity (Wildman–Crippen MR) is 315 cm³/mol. The number of hydrogen-bond acceptors (Lipinski definition) is 13. The van der Waals surface area contributed by atoms with Crippen LogP contribution in [0.3, 0.4) is 0 Å². The number of nitrogens with zero attached hydrogens (tertiary/aromatic N) is 10. The van der Waals surface area contributed by atoms with Gasteiger partial charge in [0.25, 0.3) is 0 Å². The van der Waals surface area contributed by atoms with Gasteiger partial charge in [0, 0.05) is 113 Å². The van der Waals surface area contributed by atoms with Crippen LogP contribution in [-0.4, -0.2) is 111 Å². The van der Waals surface area contributed by atoms with Crippen molar-refractivity contribution in [3.63, 3.8) is 0 Å². The number of anilines is 4. The number of halogens is 6. The van der Waals surface area contributed by atoms with Crippen molar-refractivity contribution in [2.24, 2.45) is 5.73 Å². The summed E-state index contributed by atoms with van der Waals surface area (Å²) in [5.74, 6) is 2.73. The number of fused-ring (bicyclic) bond motifs is 4. The molecule has 3 N–H and O–H groups in total. The van der Waals surface area contributed by atoms with Gasteiger partial charge in [-0.05, 0) is 153 Å². The van der Waals surface area contributed by atoms with Crippen LogP contribution < -0.4 is 34.8 Å². The van der Waals surface area contributed by atoms with E-state index >= 15 is 0 Å². The first-order valence-electron chi connectivity index (χ1n) is 29.1. The number of carboxylic acids is 1. The van der Waals surface area contributed by atoms with Crippen molar-refractivity contribution >= 4 is 56.6 Å². The molecule has 16 nitrogen and oxygen atoms in total. The summed E-state index contributed by atoms with van der Waals surface area (Å²) in [5.41, 5.74) is 14.3. The van der Waals surface area contributed by atoms with E-state index in [4.69, 9.17) is 25.8 Å².